The Morgan fingerprint density at radius 3 is 2.79 bits per heavy atom. The Morgan fingerprint density at radius 1 is 1.21 bits per heavy atom. The lowest BCUT2D eigenvalue weighted by atomic mass is 10.1. The summed E-state index contributed by atoms with van der Waals surface area (Å²) in [5.74, 6) is -0.862. The van der Waals surface area contributed by atoms with Crippen LogP contribution in [0.5, 0.6) is 5.75 Å². The lowest BCUT2D eigenvalue weighted by Gasteiger charge is -2.28. The molecule has 0 atom stereocenters. The fourth-order valence-electron chi connectivity index (χ4n) is 2.57. The number of amides is 3. The van der Waals surface area contributed by atoms with Crippen molar-refractivity contribution in [1.29, 1.82) is 0 Å². The molecular weight excluding hydrogens is 382 g/mol. The van der Waals surface area contributed by atoms with Crippen molar-refractivity contribution in [3.8, 4) is 5.75 Å². The zero-order valence-electron chi connectivity index (χ0n) is 15.1. The Bertz CT molecular complexity index is 958. The van der Waals surface area contributed by atoms with E-state index in [0.717, 1.165) is 11.1 Å². The molecule has 1 heterocycles. The molecule has 8 heteroatoms. The summed E-state index contributed by atoms with van der Waals surface area (Å²) in [6.07, 6.45) is 2.85. The van der Waals surface area contributed by atoms with E-state index < -0.39 is 11.8 Å². The van der Waals surface area contributed by atoms with Gasteiger partial charge in [-0.05, 0) is 42.3 Å². The largest absolute Gasteiger partial charge is 0.482 e. The topological polar surface area (TPSA) is 87.7 Å². The summed E-state index contributed by atoms with van der Waals surface area (Å²) in [5.41, 5.74) is 6.77. The van der Waals surface area contributed by atoms with Crippen molar-refractivity contribution < 1.29 is 19.1 Å². The monoisotopic (exact) mass is 399 g/mol. The predicted octanol–water partition coefficient (Wildman–Crippen LogP) is 2.23. The quantitative estimate of drug-likeness (QED) is 0.609. The van der Waals surface area contributed by atoms with Gasteiger partial charge in [0, 0.05) is 11.1 Å². The molecule has 0 aromatic heterocycles. The van der Waals surface area contributed by atoms with Crippen LogP contribution in [0.1, 0.15) is 11.1 Å². The standard InChI is InChI=1S/C20H18ClN3O4/c1-13-6-7-14(10-15(13)21)8-9-18(25)22-23-19(26)11-24-16-4-2-3-5-17(16)28-12-20(24)27/h2-10H,11-12H2,1H3,(H,22,25)(H,23,26)/b9-8+. The van der Waals surface area contributed by atoms with E-state index in [4.69, 9.17) is 16.3 Å². The Kier molecular flexibility index (Phi) is 5.96. The maximum Gasteiger partial charge on any atom is 0.265 e. The number of para-hydroxylation sites is 2. The highest BCUT2D eigenvalue weighted by Gasteiger charge is 2.26. The summed E-state index contributed by atoms with van der Waals surface area (Å²) in [6.45, 7) is 1.50. The molecule has 1 aliphatic rings. The van der Waals surface area contributed by atoms with Crippen molar-refractivity contribution in [3.05, 3.63) is 64.7 Å². The van der Waals surface area contributed by atoms with Crippen molar-refractivity contribution >= 4 is 41.1 Å². The maximum atomic E-state index is 12.1. The Labute approximate surface area is 166 Å². The number of nitrogens with zero attached hydrogens (tertiary/aromatic N) is 1. The number of hydrogen-bond donors (Lipinski definition) is 2. The first kappa shape index (κ1) is 19.4. The van der Waals surface area contributed by atoms with Crippen LogP contribution in [0.15, 0.2) is 48.5 Å². The van der Waals surface area contributed by atoms with Crippen LogP contribution in [0, 0.1) is 6.92 Å². The minimum absolute atomic E-state index is 0.140. The Morgan fingerprint density at radius 2 is 2.00 bits per heavy atom. The van der Waals surface area contributed by atoms with Crippen molar-refractivity contribution in [1.82, 2.24) is 10.9 Å². The Balaban J connectivity index is 1.54. The fraction of sp³-hybridized carbons (Fsp3) is 0.150. The van der Waals surface area contributed by atoms with Crippen LogP contribution in [0.3, 0.4) is 0 Å². The number of ether oxygens (including phenoxy) is 1. The van der Waals surface area contributed by atoms with Gasteiger partial charge in [0.1, 0.15) is 12.3 Å². The molecule has 0 saturated heterocycles. The van der Waals surface area contributed by atoms with Gasteiger partial charge in [0.25, 0.3) is 17.7 Å². The van der Waals surface area contributed by atoms with Crippen LogP contribution in [0.4, 0.5) is 5.69 Å². The highest BCUT2D eigenvalue weighted by Crippen LogP contribution is 2.31. The second-order valence-corrected chi connectivity index (χ2v) is 6.52. The molecule has 3 rings (SSSR count). The first-order valence-corrected chi connectivity index (χ1v) is 8.87. The van der Waals surface area contributed by atoms with Crippen molar-refractivity contribution in [3.63, 3.8) is 0 Å². The predicted molar refractivity (Wildman–Crippen MR) is 106 cm³/mol. The van der Waals surface area contributed by atoms with Gasteiger partial charge >= 0.3 is 0 Å². The summed E-state index contributed by atoms with van der Waals surface area (Å²) < 4.78 is 5.32. The lowest BCUT2D eigenvalue weighted by molar-refractivity contribution is -0.127. The number of hydrogen-bond acceptors (Lipinski definition) is 4. The van der Waals surface area contributed by atoms with E-state index in [-0.39, 0.29) is 19.1 Å². The summed E-state index contributed by atoms with van der Waals surface area (Å²) in [6, 6.07) is 12.3. The minimum atomic E-state index is -0.537. The molecule has 3 amide bonds. The van der Waals surface area contributed by atoms with E-state index in [1.54, 1.807) is 36.4 Å². The van der Waals surface area contributed by atoms with Gasteiger partial charge in [-0.25, -0.2) is 0 Å². The van der Waals surface area contributed by atoms with Crippen LogP contribution in [0.25, 0.3) is 6.08 Å². The molecular formula is C20H18ClN3O4. The van der Waals surface area contributed by atoms with Crippen LogP contribution in [-0.4, -0.2) is 30.9 Å². The average Bonchev–Trinajstić information content (AvgIpc) is 2.69. The fourth-order valence-corrected chi connectivity index (χ4v) is 2.76. The van der Waals surface area contributed by atoms with Gasteiger partial charge in [-0.15, -0.1) is 0 Å². The number of rotatable bonds is 4. The molecule has 7 nitrogen and oxygen atoms in total. The maximum absolute atomic E-state index is 12.1. The van der Waals surface area contributed by atoms with Crippen LogP contribution >= 0.6 is 11.6 Å². The molecule has 0 spiro atoms. The number of fused-ring (bicyclic) bond motifs is 1. The van der Waals surface area contributed by atoms with E-state index in [9.17, 15) is 14.4 Å². The van der Waals surface area contributed by atoms with Crippen molar-refractivity contribution in [2.24, 2.45) is 0 Å². The molecule has 0 bridgehead atoms. The smallest absolute Gasteiger partial charge is 0.265 e. The molecule has 2 aromatic rings. The number of aryl methyl sites for hydroxylation is 1. The number of carbonyl (C=O) groups excluding carboxylic acids is 3. The van der Waals surface area contributed by atoms with Crippen LogP contribution in [0.2, 0.25) is 5.02 Å². The highest BCUT2D eigenvalue weighted by atomic mass is 35.5. The highest BCUT2D eigenvalue weighted by molar-refractivity contribution is 6.31. The van der Waals surface area contributed by atoms with Gasteiger partial charge in [-0.2, -0.15) is 0 Å². The number of halogens is 1. The number of anilines is 1. The molecule has 2 N–H and O–H groups in total. The third-order valence-corrected chi connectivity index (χ3v) is 4.47. The SMILES string of the molecule is Cc1ccc(/C=C/C(=O)NNC(=O)CN2C(=O)COc3ccccc32)cc1Cl. The third kappa shape index (κ3) is 4.69. The van der Waals surface area contributed by atoms with E-state index in [2.05, 4.69) is 10.9 Å². The zero-order chi connectivity index (χ0) is 20.1. The first-order chi connectivity index (χ1) is 13.4. The van der Waals surface area contributed by atoms with E-state index in [1.807, 2.05) is 19.1 Å². The van der Waals surface area contributed by atoms with E-state index >= 15 is 0 Å². The zero-order valence-corrected chi connectivity index (χ0v) is 15.8. The second kappa shape index (κ2) is 8.58. The summed E-state index contributed by atoms with van der Waals surface area (Å²) in [5, 5.41) is 0.603. The molecule has 28 heavy (non-hydrogen) atoms. The van der Waals surface area contributed by atoms with Crippen molar-refractivity contribution in [2.45, 2.75) is 6.92 Å². The van der Waals surface area contributed by atoms with Gasteiger partial charge in [-0.3, -0.25) is 30.1 Å². The van der Waals surface area contributed by atoms with Crippen LogP contribution < -0.4 is 20.5 Å². The molecule has 2 aromatic carbocycles. The Hall–Kier alpha value is -3.32. The van der Waals surface area contributed by atoms with Crippen molar-refractivity contribution in [2.75, 3.05) is 18.1 Å². The number of nitrogens with one attached hydrogen (secondary N) is 2. The van der Waals surface area contributed by atoms with Gasteiger partial charge in [0.15, 0.2) is 6.61 Å². The number of hydrazine groups is 1. The summed E-state index contributed by atoms with van der Waals surface area (Å²) in [7, 11) is 0. The lowest BCUT2D eigenvalue weighted by Crippen LogP contribution is -2.49. The van der Waals surface area contributed by atoms with Gasteiger partial charge < -0.3 is 4.74 Å². The number of carbonyl (C=O) groups is 3. The molecule has 0 fully saturated rings. The van der Waals surface area contributed by atoms with E-state index in [1.165, 1.54) is 11.0 Å². The summed E-state index contributed by atoms with van der Waals surface area (Å²) in [4.78, 5) is 37.4. The normalized spacial score (nSPS) is 13.1. The molecule has 0 aliphatic carbocycles. The molecule has 0 unspecified atom stereocenters. The van der Waals surface area contributed by atoms with Gasteiger partial charge in [0.05, 0.1) is 5.69 Å². The molecule has 144 valence electrons. The third-order valence-electron chi connectivity index (χ3n) is 4.06. The van der Waals surface area contributed by atoms with Crippen LogP contribution in [-0.2, 0) is 14.4 Å². The number of benzene rings is 2. The van der Waals surface area contributed by atoms with Gasteiger partial charge in [0.2, 0.25) is 0 Å². The first-order valence-electron chi connectivity index (χ1n) is 8.49. The molecule has 0 radical (unpaired) electrons. The van der Waals surface area contributed by atoms with E-state index in [0.29, 0.717) is 16.5 Å². The molecule has 0 saturated carbocycles. The second-order valence-electron chi connectivity index (χ2n) is 6.12. The minimum Gasteiger partial charge on any atom is -0.482 e. The molecule has 1 aliphatic heterocycles. The van der Waals surface area contributed by atoms with Gasteiger partial charge in [-0.1, -0.05) is 35.9 Å². The summed E-state index contributed by atoms with van der Waals surface area (Å²) >= 11 is 6.04. The average molecular weight is 400 g/mol.